The highest BCUT2D eigenvalue weighted by atomic mass is 28.5. The Bertz CT molecular complexity index is 309. The van der Waals surface area contributed by atoms with Gasteiger partial charge < -0.3 is 43.6 Å². The van der Waals surface area contributed by atoms with Gasteiger partial charge in [-0.25, -0.2) is 9.15 Å². The molecule has 0 aliphatic heterocycles. The molecule has 0 aromatic carbocycles. The molecular formula is C8H26O12Si4. The number of rotatable bonds is 15. The monoisotopic (exact) mass is 426 g/mol. The summed E-state index contributed by atoms with van der Waals surface area (Å²) in [5.41, 5.74) is 0. The maximum absolute atomic E-state index is 5.70. The molecule has 0 bridgehead atoms. The van der Waals surface area contributed by atoms with E-state index in [1.165, 1.54) is 56.9 Å². The van der Waals surface area contributed by atoms with Gasteiger partial charge in [0.1, 0.15) is 0 Å². The maximum atomic E-state index is 5.70. The zero-order chi connectivity index (χ0) is 18.6. The Morgan fingerprint density at radius 2 is 0.958 bits per heavy atom. The Labute approximate surface area is 147 Å². The van der Waals surface area contributed by atoms with Crippen LogP contribution in [0.15, 0.2) is 0 Å². The maximum Gasteiger partial charge on any atom is 0.700 e. The molecule has 0 aromatic heterocycles. The van der Waals surface area contributed by atoms with Gasteiger partial charge in [0.25, 0.3) is 0 Å². The Kier molecular flexibility index (Phi) is 12.9. The van der Waals surface area contributed by atoms with E-state index in [0.29, 0.717) is 0 Å². The van der Waals surface area contributed by atoms with E-state index in [2.05, 4.69) is 0 Å². The van der Waals surface area contributed by atoms with Crippen molar-refractivity contribution in [3.8, 4) is 0 Å². The molecule has 12 nitrogen and oxygen atoms in total. The lowest BCUT2D eigenvalue weighted by atomic mass is 11.8. The van der Waals surface area contributed by atoms with Crippen LogP contribution < -0.4 is 0 Å². The third-order valence-corrected chi connectivity index (χ3v) is 10.7. The predicted molar refractivity (Wildman–Crippen MR) is 86.2 cm³/mol. The van der Waals surface area contributed by atoms with Crippen molar-refractivity contribution in [2.45, 2.75) is 0 Å². The standard InChI is InChI=1S/C8H26O12Si4/c1-9-21(10-2)17-18-23(13-5,14-6)20-24(15-7,16-8)19-22(11-3)12-4/h21-22H,1-8H3. The average molecular weight is 427 g/mol. The van der Waals surface area contributed by atoms with Crippen molar-refractivity contribution in [3.05, 3.63) is 0 Å². The molecule has 0 saturated heterocycles. The Balaban J connectivity index is 5.24. The minimum absolute atomic E-state index is 1.31. The normalized spacial score (nSPS) is 13.2. The summed E-state index contributed by atoms with van der Waals surface area (Å²) in [7, 11) is -1.75. The predicted octanol–water partition coefficient (Wildman–Crippen LogP) is -1.56. The summed E-state index contributed by atoms with van der Waals surface area (Å²) in [6.45, 7) is 0. The quantitative estimate of drug-likeness (QED) is 0.172. The molecule has 0 radical (unpaired) electrons. The van der Waals surface area contributed by atoms with Crippen LogP contribution in [0.4, 0.5) is 0 Å². The van der Waals surface area contributed by atoms with Gasteiger partial charge in [-0.1, -0.05) is 0 Å². The first-order valence-electron chi connectivity index (χ1n) is 6.48. The second kappa shape index (κ2) is 12.7. The van der Waals surface area contributed by atoms with E-state index in [9.17, 15) is 0 Å². The van der Waals surface area contributed by atoms with Crippen LogP contribution in [0.2, 0.25) is 0 Å². The first kappa shape index (κ1) is 24.4. The highest BCUT2D eigenvalue weighted by Gasteiger charge is 2.60. The molecule has 24 heavy (non-hydrogen) atoms. The molecular weight excluding hydrogens is 400 g/mol. The van der Waals surface area contributed by atoms with Crippen LogP contribution in [-0.2, 0) is 52.8 Å². The van der Waals surface area contributed by atoms with Gasteiger partial charge in [0, 0.05) is 56.9 Å². The first-order valence-corrected chi connectivity index (χ1v) is 12.6. The van der Waals surface area contributed by atoms with E-state index in [4.69, 9.17) is 52.8 Å². The third kappa shape index (κ3) is 7.33. The van der Waals surface area contributed by atoms with E-state index in [0.717, 1.165) is 0 Å². The van der Waals surface area contributed by atoms with Gasteiger partial charge >= 0.3 is 37.2 Å². The van der Waals surface area contributed by atoms with Crippen molar-refractivity contribution >= 4 is 37.2 Å². The van der Waals surface area contributed by atoms with Crippen LogP contribution in [0, 0.1) is 0 Å². The van der Waals surface area contributed by atoms with Crippen molar-refractivity contribution in [1.82, 2.24) is 0 Å². The molecule has 0 N–H and O–H groups in total. The van der Waals surface area contributed by atoms with Crippen molar-refractivity contribution < 1.29 is 52.8 Å². The van der Waals surface area contributed by atoms with Gasteiger partial charge in [-0.3, -0.25) is 0 Å². The van der Waals surface area contributed by atoms with Crippen LogP contribution in [0.25, 0.3) is 0 Å². The molecule has 0 unspecified atom stereocenters. The molecule has 0 spiro atoms. The minimum Gasteiger partial charge on any atom is -0.380 e. The fraction of sp³-hybridized carbons (Fsp3) is 1.00. The molecule has 0 amide bonds. The fourth-order valence-corrected chi connectivity index (χ4v) is 8.87. The Hall–Kier alpha value is 0.388. The topological polar surface area (TPSA) is 111 Å². The third-order valence-electron chi connectivity index (χ3n) is 2.49. The van der Waals surface area contributed by atoms with E-state index in [-0.39, 0.29) is 0 Å². The molecule has 0 aliphatic rings. The van der Waals surface area contributed by atoms with Crippen LogP contribution >= 0.6 is 0 Å². The number of hydrogen-bond acceptors (Lipinski definition) is 12. The first-order chi connectivity index (χ1) is 11.4. The molecule has 0 fully saturated rings. The average Bonchev–Trinajstić information content (AvgIpc) is 2.64. The van der Waals surface area contributed by atoms with Gasteiger partial charge in [0.15, 0.2) is 0 Å². The van der Waals surface area contributed by atoms with Gasteiger partial charge in [0.2, 0.25) is 0 Å². The molecule has 0 aromatic rings. The number of hydrogen-bond donors (Lipinski definition) is 0. The van der Waals surface area contributed by atoms with Crippen LogP contribution in [0.1, 0.15) is 0 Å². The second-order valence-corrected chi connectivity index (χ2v) is 12.5. The molecule has 0 rings (SSSR count). The summed E-state index contributed by atoms with van der Waals surface area (Å²) in [6.07, 6.45) is 0. The summed E-state index contributed by atoms with van der Waals surface area (Å²) in [6, 6.07) is 0. The minimum atomic E-state index is -3.86. The molecule has 0 atom stereocenters. The summed E-state index contributed by atoms with van der Waals surface area (Å²) in [4.78, 5) is 0. The molecule has 0 aliphatic carbocycles. The van der Waals surface area contributed by atoms with Crippen molar-refractivity contribution in [1.29, 1.82) is 0 Å². The molecule has 0 heterocycles. The lowest BCUT2D eigenvalue weighted by Gasteiger charge is -2.33. The molecule has 0 saturated carbocycles. The highest BCUT2D eigenvalue weighted by Crippen LogP contribution is 2.21. The second-order valence-electron chi connectivity index (χ2n) is 3.74. The SMILES string of the molecule is CO[SiH](OC)OO[Si](OC)(OC)O[Si](OC)(OC)O[SiH](OC)OC. The fourth-order valence-electron chi connectivity index (χ4n) is 1.28. The van der Waals surface area contributed by atoms with Gasteiger partial charge in [-0.2, -0.15) is 0 Å². The summed E-state index contributed by atoms with van der Waals surface area (Å²) in [5, 5.41) is 0. The van der Waals surface area contributed by atoms with E-state index in [1.54, 1.807) is 0 Å². The van der Waals surface area contributed by atoms with E-state index < -0.39 is 37.2 Å². The highest BCUT2D eigenvalue weighted by molar-refractivity contribution is 6.71. The van der Waals surface area contributed by atoms with Gasteiger partial charge in [-0.05, 0) is 0 Å². The lowest BCUT2D eigenvalue weighted by Crippen LogP contribution is -2.62. The van der Waals surface area contributed by atoms with Crippen LogP contribution in [0.3, 0.4) is 0 Å². The van der Waals surface area contributed by atoms with Crippen LogP contribution in [-0.4, -0.2) is 94.0 Å². The molecule has 146 valence electrons. The zero-order valence-electron chi connectivity index (χ0n) is 15.1. The van der Waals surface area contributed by atoms with Gasteiger partial charge in [-0.15, -0.1) is 0 Å². The van der Waals surface area contributed by atoms with E-state index in [1.807, 2.05) is 0 Å². The molecule has 16 heteroatoms. The van der Waals surface area contributed by atoms with Gasteiger partial charge in [0.05, 0.1) is 0 Å². The van der Waals surface area contributed by atoms with Crippen molar-refractivity contribution in [2.75, 3.05) is 56.9 Å². The van der Waals surface area contributed by atoms with Crippen LogP contribution in [0.5, 0.6) is 0 Å². The van der Waals surface area contributed by atoms with E-state index >= 15 is 0 Å². The van der Waals surface area contributed by atoms with Crippen molar-refractivity contribution in [2.24, 2.45) is 0 Å². The summed E-state index contributed by atoms with van der Waals surface area (Å²) in [5.74, 6) is 0. The Morgan fingerprint density at radius 1 is 0.542 bits per heavy atom. The van der Waals surface area contributed by atoms with Crippen molar-refractivity contribution in [3.63, 3.8) is 0 Å². The lowest BCUT2D eigenvalue weighted by molar-refractivity contribution is -0.218. The smallest absolute Gasteiger partial charge is 0.380 e. The summed E-state index contributed by atoms with van der Waals surface area (Å²) >= 11 is 0. The Morgan fingerprint density at radius 3 is 1.29 bits per heavy atom. The largest absolute Gasteiger partial charge is 0.700 e. The summed E-state index contributed by atoms with van der Waals surface area (Å²) < 4.78 is 62.7. The zero-order valence-corrected chi connectivity index (χ0v) is 19.4.